The van der Waals surface area contributed by atoms with E-state index >= 15 is 0 Å². The average molecular weight is 143 g/mol. The largest absolute Gasteiger partial charge is 0.173 e. The summed E-state index contributed by atoms with van der Waals surface area (Å²) in [6, 6.07) is 0. The van der Waals surface area contributed by atoms with Gasteiger partial charge in [-0.1, -0.05) is 13.1 Å². The van der Waals surface area contributed by atoms with Crippen LogP contribution >= 0.6 is 23.6 Å². The third-order valence-electron chi connectivity index (χ3n) is 0.338. The van der Waals surface area contributed by atoms with Gasteiger partial charge in [0, 0.05) is 0 Å². The molecular weight excluding hydrogens is 137 g/mol. The van der Waals surface area contributed by atoms with Crippen molar-refractivity contribution in [1.82, 2.24) is 3.60 Å². The normalized spacial score (nSPS) is 11.0. The lowest BCUT2D eigenvalue weighted by Crippen LogP contribution is -2.13. The van der Waals surface area contributed by atoms with Gasteiger partial charge in [-0.3, -0.25) is 0 Å². The van der Waals surface area contributed by atoms with E-state index in [0.29, 0.717) is 0 Å². The van der Waals surface area contributed by atoms with E-state index in [0.717, 1.165) is 0 Å². The Morgan fingerprint density at radius 3 is 1.50 bits per heavy atom. The van der Waals surface area contributed by atoms with Crippen molar-refractivity contribution in [2.24, 2.45) is 0 Å². The third kappa shape index (κ3) is 2.97. The van der Waals surface area contributed by atoms with Gasteiger partial charge in [0.25, 0.3) is 0 Å². The minimum atomic E-state index is -0.587. The van der Waals surface area contributed by atoms with Crippen LogP contribution in [0.1, 0.15) is 0 Å². The predicted octanol–water partition coefficient (Wildman–Crippen LogP) is 1.85. The van der Waals surface area contributed by atoms with Gasteiger partial charge in [-0.25, -0.2) is 0 Å². The highest BCUT2D eigenvalue weighted by atomic mass is 35.5. The summed E-state index contributed by atoms with van der Waals surface area (Å²) in [5, 5.41) is 0. The maximum atomic E-state index is 5.26. The van der Waals surface area contributed by atoms with Crippen LogP contribution in [0.25, 0.3) is 0 Å². The van der Waals surface area contributed by atoms with Crippen LogP contribution in [-0.4, -0.2) is 12.6 Å². The fourth-order valence-electron chi connectivity index (χ4n) is 0. The zero-order valence-corrected chi connectivity index (χ0v) is 6.22. The Morgan fingerprint density at radius 1 is 1.33 bits per heavy atom. The van der Waals surface area contributed by atoms with Crippen LogP contribution < -0.4 is 0 Å². The van der Waals surface area contributed by atoms with E-state index in [2.05, 4.69) is 0 Å². The number of hydrogen-bond acceptors (Lipinski definition) is 1. The van der Waals surface area contributed by atoms with Gasteiger partial charge in [0.05, 0.1) is 0 Å². The molecule has 0 aliphatic carbocycles. The van der Waals surface area contributed by atoms with E-state index in [4.69, 9.17) is 23.6 Å². The summed E-state index contributed by atoms with van der Waals surface area (Å²) >= 11 is 10.5. The van der Waals surface area contributed by atoms with E-state index in [1.54, 1.807) is 0 Å². The van der Waals surface area contributed by atoms with Crippen LogP contribution in [0.4, 0.5) is 0 Å². The molecule has 1 radical (unpaired) electrons. The molecule has 1 nitrogen and oxygen atoms in total. The number of rotatable bonds is 1. The molecule has 0 aromatic heterocycles. The SMILES string of the molecule is C[Si](C)N(Cl)Cl. The Labute approximate surface area is 49.8 Å². The Bertz CT molecular complexity index is 32.5. The molecule has 0 amide bonds. The summed E-state index contributed by atoms with van der Waals surface area (Å²) in [4.78, 5) is 0. The van der Waals surface area contributed by atoms with E-state index in [1.807, 2.05) is 13.1 Å². The molecule has 0 spiro atoms. The maximum absolute atomic E-state index is 5.26. The van der Waals surface area contributed by atoms with Crippen molar-refractivity contribution in [2.45, 2.75) is 13.1 Å². The summed E-state index contributed by atoms with van der Waals surface area (Å²) in [7, 11) is -0.587. The molecule has 0 aliphatic rings. The molecule has 4 heteroatoms. The average Bonchev–Trinajstić information content (AvgIpc) is 1.36. The van der Waals surface area contributed by atoms with E-state index in [9.17, 15) is 0 Å². The molecule has 0 saturated heterocycles. The van der Waals surface area contributed by atoms with E-state index < -0.39 is 8.96 Å². The first kappa shape index (κ1) is 6.76. The monoisotopic (exact) mass is 142 g/mol. The second-order valence-electron chi connectivity index (χ2n) is 1.18. The van der Waals surface area contributed by atoms with Crippen LogP contribution in [0.15, 0.2) is 0 Å². The molecule has 0 rings (SSSR count). The second-order valence-corrected chi connectivity index (χ2v) is 4.94. The number of halogens is 2. The Hall–Kier alpha value is 0.757. The molecular formula is C2H6Cl2NSi. The first-order chi connectivity index (χ1) is 2.64. The van der Waals surface area contributed by atoms with Crippen molar-refractivity contribution in [1.29, 1.82) is 0 Å². The van der Waals surface area contributed by atoms with Crippen LogP contribution in [0, 0.1) is 0 Å². The minimum absolute atomic E-state index is 0.587. The quantitative estimate of drug-likeness (QED) is 0.400. The molecule has 0 bridgehead atoms. The van der Waals surface area contributed by atoms with Gasteiger partial charge in [0.2, 0.25) is 0 Å². The summed E-state index contributed by atoms with van der Waals surface area (Å²) in [6.07, 6.45) is 0. The van der Waals surface area contributed by atoms with Crippen molar-refractivity contribution >= 4 is 32.5 Å². The number of hydrogen-bond donors (Lipinski definition) is 0. The van der Waals surface area contributed by atoms with Gasteiger partial charge < -0.3 is 0 Å². The Kier molecular flexibility index (Phi) is 3.21. The van der Waals surface area contributed by atoms with Crippen molar-refractivity contribution in [3.8, 4) is 0 Å². The lowest BCUT2D eigenvalue weighted by Gasteiger charge is -2.01. The third-order valence-corrected chi connectivity index (χ3v) is 3.04. The zero-order chi connectivity index (χ0) is 5.15. The molecule has 0 aliphatic heterocycles. The van der Waals surface area contributed by atoms with Crippen LogP contribution in [0.3, 0.4) is 0 Å². The van der Waals surface area contributed by atoms with Crippen LogP contribution in [-0.2, 0) is 0 Å². The highest BCUT2D eigenvalue weighted by Crippen LogP contribution is 2.00. The molecule has 0 saturated carbocycles. The first-order valence-corrected chi connectivity index (χ1v) is 4.69. The van der Waals surface area contributed by atoms with Crippen LogP contribution in [0.2, 0.25) is 13.1 Å². The molecule has 0 N–H and O–H groups in total. The molecule has 6 heavy (non-hydrogen) atoms. The van der Waals surface area contributed by atoms with Gasteiger partial charge in [-0.2, -0.15) is 3.60 Å². The second kappa shape index (κ2) is 2.85. The van der Waals surface area contributed by atoms with Gasteiger partial charge in [-0.05, 0) is 23.6 Å². The Balaban J connectivity index is 2.99. The predicted molar refractivity (Wildman–Crippen MR) is 31.0 cm³/mol. The standard InChI is InChI=1S/C2H6Cl2NSi/c1-6(2)5(3)4/h1-2H3. The van der Waals surface area contributed by atoms with Crippen molar-refractivity contribution in [3.05, 3.63) is 0 Å². The highest BCUT2D eigenvalue weighted by Gasteiger charge is 2.00. The topological polar surface area (TPSA) is 3.24 Å². The first-order valence-electron chi connectivity index (χ1n) is 1.56. The lowest BCUT2D eigenvalue weighted by molar-refractivity contribution is 1.12. The molecule has 0 fully saturated rings. The Morgan fingerprint density at radius 2 is 1.50 bits per heavy atom. The number of nitrogens with zero attached hydrogens (tertiary/aromatic N) is 1. The molecule has 37 valence electrons. The summed E-state index contributed by atoms with van der Waals surface area (Å²) in [6.45, 7) is 4.01. The maximum Gasteiger partial charge on any atom is 0.173 e. The molecule has 0 aromatic rings. The van der Waals surface area contributed by atoms with Gasteiger partial charge >= 0.3 is 0 Å². The minimum Gasteiger partial charge on any atom is -0.161 e. The van der Waals surface area contributed by atoms with E-state index in [-0.39, 0.29) is 0 Å². The van der Waals surface area contributed by atoms with Gasteiger partial charge in [0.1, 0.15) is 0 Å². The summed E-state index contributed by atoms with van der Waals surface area (Å²) in [5.74, 6) is 0. The smallest absolute Gasteiger partial charge is 0.161 e. The van der Waals surface area contributed by atoms with Crippen molar-refractivity contribution in [2.75, 3.05) is 0 Å². The highest BCUT2D eigenvalue weighted by molar-refractivity contribution is 6.68. The zero-order valence-electron chi connectivity index (χ0n) is 3.70. The lowest BCUT2D eigenvalue weighted by atomic mass is 11.9. The van der Waals surface area contributed by atoms with Crippen molar-refractivity contribution < 1.29 is 0 Å². The summed E-state index contributed by atoms with van der Waals surface area (Å²) < 4.78 is 1.21. The van der Waals surface area contributed by atoms with E-state index in [1.165, 1.54) is 3.60 Å². The molecule has 0 atom stereocenters. The summed E-state index contributed by atoms with van der Waals surface area (Å²) in [5.41, 5.74) is 0. The molecule has 0 aromatic carbocycles. The van der Waals surface area contributed by atoms with Crippen molar-refractivity contribution in [3.63, 3.8) is 0 Å². The fourth-order valence-corrected chi connectivity index (χ4v) is 0. The molecule has 0 heterocycles. The van der Waals surface area contributed by atoms with Crippen LogP contribution in [0.5, 0.6) is 0 Å². The fraction of sp³-hybridized carbons (Fsp3) is 1.00. The molecule has 0 unspecified atom stereocenters. The van der Waals surface area contributed by atoms with Gasteiger partial charge in [-0.15, -0.1) is 0 Å². The van der Waals surface area contributed by atoms with Gasteiger partial charge in [0.15, 0.2) is 8.96 Å².